The SMILES string of the molecule is CCOc1ccccc1OCC(=O)NNC(=O)c1n[nH]c(=O)c2ccccc12. The molecule has 28 heavy (non-hydrogen) atoms. The van der Waals surface area contributed by atoms with Crippen LogP contribution in [0.25, 0.3) is 10.8 Å². The van der Waals surface area contributed by atoms with Gasteiger partial charge in [-0.1, -0.05) is 30.3 Å². The van der Waals surface area contributed by atoms with Crippen molar-refractivity contribution in [3.63, 3.8) is 0 Å². The van der Waals surface area contributed by atoms with Gasteiger partial charge in [0.15, 0.2) is 23.8 Å². The molecule has 2 amide bonds. The second-order valence-electron chi connectivity index (χ2n) is 5.62. The summed E-state index contributed by atoms with van der Waals surface area (Å²) >= 11 is 0. The van der Waals surface area contributed by atoms with Crippen molar-refractivity contribution >= 4 is 22.6 Å². The minimum Gasteiger partial charge on any atom is -0.490 e. The molecule has 0 spiro atoms. The molecule has 9 heteroatoms. The smallest absolute Gasteiger partial charge is 0.290 e. The number of rotatable bonds is 6. The second-order valence-corrected chi connectivity index (χ2v) is 5.62. The maximum atomic E-state index is 12.3. The second kappa shape index (κ2) is 8.67. The van der Waals surface area contributed by atoms with Crippen molar-refractivity contribution in [2.24, 2.45) is 0 Å². The number of carbonyl (C=O) groups is 2. The summed E-state index contributed by atoms with van der Waals surface area (Å²) in [5.74, 6) is -0.311. The average Bonchev–Trinajstić information content (AvgIpc) is 2.72. The van der Waals surface area contributed by atoms with Gasteiger partial charge >= 0.3 is 0 Å². The number of aromatic amines is 1. The van der Waals surface area contributed by atoms with Gasteiger partial charge in [-0.2, -0.15) is 5.10 Å². The summed E-state index contributed by atoms with van der Waals surface area (Å²) in [6.07, 6.45) is 0. The number of carbonyl (C=O) groups excluding carboxylic acids is 2. The molecule has 9 nitrogen and oxygen atoms in total. The fourth-order valence-corrected chi connectivity index (χ4v) is 2.50. The van der Waals surface area contributed by atoms with Gasteiger partial charge in [0.2, 0.25) is 0 Å². The molecule has 3 N–H and O–H groups in total. The minimum atomic E-state index is -0.671. The van der Waals surface area contributed by atoms with Gasteiger partial charge in [0, 0.05) is 5.39 Å². The number of nitrogens with one attached hydrogen (secondary N) is 3. The number of nitrogens with zero attached hydrogens (tertiary/aromatic N) is 1. The molecule has 0 saturated carbocycles. The van der Waals surface area contributed by atoms with Gasteiger partial charge in [-0.3, -0.25) is 25.2 Å². The van der Waals surface area contributed by atoms with Crippen molar-refractivity contribution in [2.75, 3.05) is 13.2 Å². The van der Waals surface area contributed by atoms with E-state index in [2.05, 4.69) is 21.0 Å². The van der Waals surface area contributed by atoms with Crippen LogP contribution in [0.5, 0.6) is 11.5 Å². The molecule has 0 saturated heterocycles. The predicted molar refractivity (Wildman–Crippen MR) is 101 cm³/mol. The standard InChI is InChI=1S/C19H18N4O5/c1-2-27-14-9-5-6-10-15(14)28-11-16(24)20-23-19(26)17-12-7-3-4-8-13(12)18(25)22-21-17/h3-10H,2,11H2,1H3,(H,20,24)(H,22,25)(H,23,26). The number of para-hydroxylation sites is 2. The van der Waals surface area contributed by atoms with E-state index in [4.69, 9.17) is 9.47 Å². The molecule has 3 aromatic rings. The maximum Gasteiger partial charge on any atom is 0.290 e. The Morgan fingerprint density at radius 1 is 0.964 bits per heavy atom. The van der Waals surface area contributed by atoms with E-state index in [1.54, 1.807) is 48.5 Å². The molecule has 144 valence electrons. The maximum absolute atomic E-state index is 12.3. The molecule has 0 aliphatic heterocycles. The largest absolute Gasteiger partial charge is 0.490 e. The monoisotopic (exact) mass is 382 g/mol. The van der Waals surface area contributed by atoms with E-state index in [0.717, 1.165) is 0 Å². The first kappa shape index (κ1) is 18.9. The number of benzene rings is 2. The van der Waals surface area contributed by atoms with Gasteiger partial charge in [0.05, 0.1) is 12.0 Å². The van der Waals surface area contributed by atoms with Crippen LogP contribution in [-0.2, 0) is 4.79 Å². The lowest BCUT2D eigenvalue weighted by atomic mass is 10.1. The summed E-state index contributed by atoms with van der Waals surface area (Å²) in [7, 11) is 0. The molecule has 0 fully saturated rings. The number of amides is 2. The van der Waals surface area contributed by atoms with Gasteiger partial charge in [-0.05, 0) is 25.1 Å². The highest BCUT2D eigenvalue weighted by atomic mass is 16.5. The fourth-order valence-electron chi connectivity index (χ4n) is 2.50. The van der Waals surface area contributed by atoms with E-state index in [-0.39, 0.29) is 12.3 Å². The number of hydrogen-bond acceptors (Lipinski definition) is 6. The molecule has 0 radical (unpaired) electrons. The number of hydrazine groups is 1. The molecule has 0 unspecified atom stereocenters. The van der Waals surface area contributed by atoms with Gasteiger partial charge < -0.3 is 9.47 Å². The summed E-state index contributed by atoms with van der Waals surface area (Å²) in [5.41, 5.74) is 4.08. The van der Waals surface area contributed by atoms with E-state index >= 15 is 0 Å². The highest BCUT2D eigenvalue weighted by molar-refractivity contribution is 6.05. The first-order valence-corrected chi connectivity index (χ1v) is 8.51. The molecule has 0 aliphatic rings. The Labute approximate surface area is 159 Å². The lowest BCUT2D eigenvalue weighted by Crippen LogP contribution is -2.44. The van der Waals surface area contributed by atoms with Crippen molar-refractivity contribution in [2.45, 2.75) is 6.92 Å². The van der Waals surface area contributed by atoms with E-state index in [9.17, 15) is 14.4 Å². The number of H-pyrrole nitrogens is 1. The Morgan fingerprint density at radius 3 is 2.32 bits per heavy atom. The highest BCUT2D eigenvalue weighted by Gasteiger charge is 2.15. The Bertz CT molecular complexity index is 1060. The molecular formula is C19H18N4O5. The third-order valence-corrected chi connectivity index (χ3v) is 3.73. The number of hydrogen-bond donors (Lipinski definition) is 3. The zero-order valence-electron chi connectivity index (χ0n) is 15.0. The van der Waals surface area contributed by atoms with Crippen LogP contribution in [0.3, 0.4) is 0 Å². The van der Waals surface area contributed by atoms with Crippen LogP contribution in [-0.4, -0.2) is 35.2 Å². The summed E-state index contributed by atoms with van der Waals surface area (Å²) < 4.78 is 10.8. The van der Waals surface area contributed by atoms with Crippen LogP contribution >= 0.6 is 0 Å². The van der Waals surface area contributed by atoms with E-state index < -0.39 is 17.4 Å². The molecular weight excluding hydrogens is 364 g/mol. The Balaban J connectivity index is 1.60. The highest BCUT2D eigenvalue weighted by Crippen LogP contribution is 2.26. The van der Waals surface area contributed by atoms with Crippen molar-refractivity contribution in [1.82, 2.24) is 21.0 Å². The summed E-state index contributed by atoms with van der Waals surface area (Å²) in [6, 6.07) is 13.5. The third kappa shape index (κ3) is 4.26. The predicted octanol–water partition coefficient (Wildman–Crippen LogP) is 1.16. The van der Waals surface area contributed by atoms with Crippen LogP contribution < -0.4 is 25.9 Å². The van der Waals surface area contributed by atoms with Gasteiger partial charge in [0.1, 0.15) is 0 Å². The Kier molecular flexibility index (Phi) is 5.85. The van der Waals surface area contributed by atoms with Crippen LogP contribution in [0, 0.1) is 0 Å². The van der Waals surface area contributed by atoms with Crippen molar-refractivity contribution in [3.8, 4) is 11.5 Å². The molecule has 3 rings (SSSR count). The Hall–Kier alpha value is -3.88. The van der Waals surface area contributed by atoms with Crippen LogP contribution in [0.15, 0.2) is 53.3 Å². The molecule has 1 aromatic heterocycles. The average molecular weight is 382 g/mol. The summed E-state index contributed by atoms with van der Waals surface area (Å²) in [4.78, 5) is 36.1. The molecule has 0 bridgehead atoms. The van der Waals surface area contributed by atoms with Crippen molar-refractivity contribution in [3.05, 3.63) is 64.6 Å². The van der Waals surface area contributed by atoms with Gasteiger partial charge in [0.25, 0.3) is 17.4 Å². The number of aromatic nitrogens is 2. The van der Waals surface area contributed by atoms with E-state index in [0.29, 0.717) is 28.9 Å². The summed E-state index contributed by atoms with van der Waals surface area (Å²) in [5, 5.41) is 6.72. The zero-order chi connectivity index (χ0) is 19.9. The van der Waals surface area contributed by atoms with Crippen LogP contribution in [0.4, 0.5) is 0 Å². The number of fused-ring (bicyclic) bond motifs is 1. The van der Waals surface area contributed by atoms with E-state index in [1.165, 1.54) is 0 Å². The minimum absolute atomic E-state index is 0.0156. The van der Waals surface area contributed by atoms with E-state index in [1.807, 2.05) is 6.92 Å². The fraction of sp³-hybridized carbons (Fsp3) is 0.158. The first-order valence-electron chi connectivity index (χ1n) is 8.51. The lowest BCUT2D eigenvalue weighted by molar-refractivity contribution is -0.123. The normalized spacial score (nSPS) is 10.3. The van der Waals surface area contributed by atoms with Crippen LogP contribution in [0.2, 0.25) is 0 Å². The summed E-state index contributed by atoms with van der Waals surface area (Å²) in [6.45, 7) is 1.97. The zero-order valence-corrected chi connectivity index (χ0v) is 15.0. The van der Waals surface area contributed by atoms with Gasteiger partial charge in [-0.15, -0.1) is 0 Å². The van der Waals surface area contributed by atoms with Crippen molar-refractivity contribution in [1.29, 1.82) is 0 Å². The molecule has 0 aliphatic carbocycles. The van der Waals surface area contributed by atoms with Gasteiger partial charge in [-0.25, -0.2) is 5.10 Å². The first-order chi connectivity index (χ1) is 13.6. The number of ether oxygens (including phenoxy) is 2. The van der Waals surface area contributed by atoms with Crippen molar-refractivity contribution < 1.29 is 19.1 Å². The van der Waals surface area contributed by atoms with Crippen LogP contribution in [0.1, 0.15) is 17.4 Å². The molecule has 2 aromatic carbocycles. The molecule has 1 heterocycles. The topological polar surface area (TPSA) is 122 Å². The third-order valence-electron chi connectivity index (χ3n) is 3.73. The molecule has 0 atom stereocenters. The quantitative estimate of drug-likeness (QED) is 0.550. The Morgan fingerprint density at radius 2 is 1.61 bits per heavy atom. The lowest BCUT2D eigenvalue weighted by Gasteiger charge is -2.12.